The molecular formula is C20H24N4O4. The van der Waals surface area contributed by atoms with Crippen molar-refractivity contribution < 1.29 is 14.5 Å². The summed E-state index contributed by atoms with van der Waals surface area (Å²) in [4.78, 5) is 29.0. The van der Waals surface area contributed by atoms with E-state index in [0.717, 1.165) is 24.5 Å². The lowest BCUT2D eigenvalue weighted by atomic mass is 10.1. The molecule has 28 heavy (non-hydrogen) atoms. The minimum Gasteiger partial charge on any atom is -0.375 e. The number of Topliss-reactive ketones (excluding diaryl/α,β-unsaturated/α-hetero) is 1. The van der Waals surface area contributed by atoms with Crippen molar-refractivity contribution in [1.29, 1.82) is 0 Å². The second-order valence-corrected chi connectivity index (χ2v) is 7.09. The molecule has 2 atom stereocenters. The number of nitro benzene ring substituents is 1. The van der Waals surface area contributed by atoms with E-state index < -0.39 is 4.92 Å². The highest BCUT2D eigenvalue weighted by atomic mass is 16.6. The normalized spacial score (nSPS) is 19.3. The Bertz CT molecular complexity index is 859. The molecule has 2 aromatic rings. The van der Waals surface area contributed by atoms with Crippen LogP contribution in [0.5, 0.6) is 0 Å². The van der Waals surface area contributed by atoms with Crippen LogP contribution in [0.3, 0.4) is 0 Å². The first-order valence-corrected chi connectivity index (χ1v) is 9.22. The summed E-state index contributed by atoms with van der Waals surface area (Å²) in [7, 11) is 0. The third-order valence-corrected chi connectivity index (χ3v) is 4.64. The molecule has 2 unspecified atom stereocenters. The molecule has 148 valence electrons. The van der Waals surface area contributed by atoms with Crippen LogP contribution in [-0.4, -0.2) is 41.0 Å². The third kappa shape index (κ3) is 4.64. The van der Waals surface area contributed by atoms with Crippen molar-refractivity contribution in [1.82, 2.24) is 4.98 Å². The number of hydrogen-bond acceptors (Lipinski definition) is 7. The molecule has 1 aromatic carbocycles. The zero-order valence-corrected chi connectivity index (χ0v) is 16.2. The number of nitro groups is 1. The van der Waals surface area contributed by atoms with E-state index in [1.54, 1.807) is 18.3 Å². The lowest BCUT2D eigenvalue weighted by Gasteiger charge is -2.36. The summed E-state index contributed by atoms with van der Waals surface area (Å²) in [5.41, 5.74) is 1.48. The number of morpholine rings is 1. The van der Waals surface area contributed by atoms with Gasteiger partial charge < -0.3 is 15.0 Å². The smallest absolute Gasteiger partial charge is 0.293 e. The molecule has 0 bridgehead atoms. The van der Waals surface area contributed by atoms with Crippen LogP contribution >= 0.6 is 0 Å². The number of ketones is 1. The van der Waals surface area contributed by atoms with Crippen LogP contribution in [0, 0.1) is 10.1 Å². The Hall–Kier alpha value is -3.00. The van der Waals surface area contributed by atoms with Crippen LogP contribution in [-0.2, 0) is 11.3 Å². The Morgan fingerprint density at radius 1 is 1.29 bits per heavy atom. The van der Waals surface area contributed by atoms with E-state index in [2.05, 4.69) is 15.2 Å². The van der Waals surface area contributed by atoms with E-state index in [-0.39, 0.29) is 23.7 Å². The van der Waals surface area contributed by atoms with E-state index in [1.807, 2.05) is 26.0 Å². The van der Waals surface area contributed by atoms with Gasteiger partial charge in [-0.05, 0) is 44.5 Å². The van der Waals surface area contributed by atoms with E-state index in [4.69, 9.17) is 4.74 Å². The quantitative estimate of drug-likeness (QED) is 0.463. The van der Waals surface area contributed by atoms with E-state index in [0.29, 0.717) is 17.8 Å². The van der Waals surface area contributed by atoms with Gasteiger partial charge in [0, 0.05) is 37.5 Å². The molecule has 1 aliphatic rings. The molecule has 0 saturated carbocycles. The molecule has 0 radical (unpaired) electrons. The van der Waals surface area contributed by atoms with E-state index >= 15 is 0 Å². The van der Waals surface area contributed by atoms with Crippen molar-refractivity contribution in [2.75, 3.05) is 23.3 Å². The molecule has 1 aromatic heterocycles. The van der Waals surface area contributed by atoms with E-state index in [9.17, 15) is 14.9 Å². The fraction of sp³-hybridized carbons (Fsp3) is 0.400. The van der Waals surface area contributed by atoms with Crippen LogP contribution in [0.1, 0.15) is 36.7 Å². The fourth-order valence-corrected chi connectivity index (χ4v) is 3.32. The molecule has 8 nitrogen and oxygen atoms in total. The molecule has 1 saturated heterocycles. The number of pyridine rings is 1. The maximum Gasteiger partial charge on any atom is 0.293 e. The number of aromatic nitrogens is 1. The lowest BCUT2D eigenvalue weighted by molar-refractivity contribution is -0.384. The predicted octanol–water partition coefficient (Wildman–Crippen LogP) is 3.42. The predicted molar refractivity (Wildman–Crippen MR) is 107 cm³/mol. The van der Waals surface area contributed by atoms with Crippen molar-refractivity contribution in [3.8, 4) is 0 Å². The van der Waals surface area contributed by atoms with Gasteiger partial charge in [-0.25, -0.2) is 4.98 Å². The SMILES string of the molecule is CC(=O)c1ccc(NCc2ccc(N3CC(C)OC(C)C3)nc2)c([N+](=O)[O-])c1. The summed E-state index contributed by atoms with van der Waals surface area (Å²) >= 11 is 0. The number of hydrogen-bond donors (Lipinski definition) is 1. The number of ether oxygens (including phenoxy) is 1. The van der Waals surface area contributed by atoms with Gasteiger partial charge in [-0.1, -0.05) is 6.07 Å². The molecule has 2 heterocycles. The first kappa shape index (κ1) is 19.8. The van der Waals surface area contributed by atoms with Crippen molar-refractivity contribution >= 4 is 23.0 Å². The number of nitrogens with zero attached hydrogens (tertiary/aromatic N) is 3. The Labute approximate surface area is 163 Å². The first-order chi connectivity index (χ1) is 13.3. The second kappa shape index (κ2) is 8.35. The molecule has 0 aliphatic carbocycles. The molecular weight excluding hydrogens is 360 g/mol. The summed E-state index contributed by atoms with van der Waals surface area (Å²) in [6.07, 6.45) is 2.08. The third-order valence-electron chi connectivity index (χ3n) is 4.64. The van der Waals surface area contributed by atoms with Crippen LogP contribution in [0.2, 0.25) is 0 Å². The molecule has 3 rings (SSSR count). The second-order valence-electron chi connectivity index (χ2n) is 7.09. The Kier molecular flexibility index (Phi) is 5.89. The molecule has 1 fully saturated rings. The van der Waals surface area contributed by atoms with Gasteiger partial charge >= 0.3 is 0 Å². The number of rotatable bonds is 6. The Morgan fingerprint density at radius 3 is 2.57 bits per heavy atom. The van der Waals surface area contributed by atoms with Gasteiger partial charge in [0.1, 0.15) is 11.5 Å². The van der Waals surface area contributed by atoms with Gasteiger partial charge in [-0.3, -0.25) is 14.9 Å². The van der Waals surface area contributed by atoms with Crippen molar-refractivity contribution in [2.24, 2.45) is 0 Å². The number of carbonyl (C=O) groups is 1. The van der Waals surface area contributed by atoms with Crippen LogP contribution < -0.4 is 10.2 Å². The lowest BCUT2D eigenvalue weighted by Crippen LogP contribution is -2.45. The zero-order chi connectivity index (χ0) is 20.3. The van der Waals surface area contributed by atoms with Crippen molar-refractivity contribution in [3.63, 3.8) is 0 Å². The van der Waals surface area contributed by atoms with Crippen LogP contribution in [0.25, 0.3) is 0 Å². The topological polar surface area (TPSA) is 97.6 Å². The van der Waals surface area contributed by atoms with Crippen LogP contribution in [0.4, 0.5) is 17.2 Å². The highest BCUT2D eigenvalue weighted by Crippen LogP contribution is 2.26. The van der Waals surface area contributed by atoms with Gasteiger partial charge in [-0.15, -0.1) is 0 Å². The summed E-state index contributed by atoms with van der Waals surface area (Å²) in [6, 6.07) is 8.35. The van der Waals surface area contributed by atoms with Crippen molar-refractivity contribution in [2.45, 2.75) is 39.5 Å². The summed E-state index contributed by atoms with van der Waals surface area (Å²) in [5, 5.41) is 14.4. The number of nitrogens with one attached hydrogen (secondary N) is 1. The first-order valence-electron chi connectivity index (χ1n) is 9.22. The molecule has 1 aliphatic heterocycles. The van der Waals surface area contributed by atoms with Crippen molar-refractivity contribution in [3.05, 3.63) is 57.8 Å². The number of benzene rings is 1. The van der Waals surface area contributed by atoms with Gasteiger partial charge in [-0.2, -0.15) is 0 Å². The van der Waals surface area contributed by atoms with Gasteiger partial charge in [0.2, 0.25) is 0 Å². The maximum atomic E-state index is 11.5. The maximum absolute atomic E-state index is 11.5. The summed E-state index contributed by atoms with van der Waals surface area (Å²) in [5.74, 6) is 0.684. The monoisotopic (exact) mass is 384 g/mol. The van der Waals surface area contributed by atoms with Gasteiger partial charge in [0.25, 0.3) is 5.69 Å². The molecule has 8 heteroatoms. The van der Waals surface area contributed by atoms with Gasteiger partial charge in [0.05, 0.1) is 17.1 Å². The minimum absolute atomic E-state index is 0.117. The Morgan fingerprint density at radius 2 is 2.00 bits per heavy atom. The van der Waals surface area contributed by atoms with E-state index in [1.165, 1.54) is 13.0 Å². The molecule has 1 N–H and O–H groups in total. The highest BCUT2D eigenvalue weighted by molar-refractivity contribution is 5.95. The summed E-state index contributed by atoms with van der Waals surface area (Å²) in [6.45, 7) is 7.46. The fourth-order valence-electron chi connectivity index (χ4n) is 3.32. The summed E-state index contributed by atoms with van der Waals surface area (Å²) < 4.78 is 5.75. The Balaban J connectivity index is 1.68. The molecule has 0 spiro atoms. The minimum atomic E-state index is -0.489. The average Bonchev–Trinajstić information content (AvgIpc) is 2.65. The molecule has 0 amide bonds. The highest BCUT2D eigenvalue weighted by Gasteiger charge is 2.23. The number of anilines is 2. The van der Waals surface area contributed by atoms with Gasteiger partial charge in [0.15, 0.2) is 5.78 Å². The van der Waals surface area contributed by atoms with Crippen LogP contribution in [0.15, 0.2) is 36.5 Å². The number of carbonyl (C=O) groups excluding carboxylic acids is 1. The zero-order valence-electron chi connectivity index (χ0n) is 16.2. The standard InChI is InChI=1S/C20H24N4O4/c1-13-11-23(12-14(2)28-13)20-7-4-16(10-22-20)9-21-18-6-5-17(15(3)25)8-19(18)24(26)27/h4-8,10,13-14,21H,9,11-12H2,1-3H3. The average molecular weight is 384 g/mol. The largest absolute Gasteiger partial charge is 0.375 e.